The number of hydrogen-bond donors (Lipinski definition) is 2. The molecule has 0 amide bonds. The van der Waals surface area contributed by atoms with E-state index < -0.39 is 17.8 Å². The van der Waals surface area contributed by atoms with E-state index in [1.165, 1.54) is 19.1 Å². The predicted molar refractivity (Wildman–Crippen MR) is 76.5 cm³/mol. The van der Waals surface area contributed by atoms with E-state index in [-0.39, 0.29) is 17.1 Å². The summed E-state index contributed by atoms with van der Waals surface area (Å²) < 4.78 is 44.7. The average molecular weight is 311 g/mol. The first kappa shape index (κ1) is 16.3. The minimum absolute atomic E-state index is 0.179. The number of benzene rings is 2. The molecule has 3 N–H and O–H groups in total. The summed E-state index contributed by atoms with van der Waals surface area (Å²) in [6, 6.07) is 10.0. The maximum atomic E-state index is 13.1. The summed E-state index contributed by atoms with van der Waals surface area (Å²) in [7, 11) is 0. The van der Waals surface area contributed by atoms with Crippen molar-refractivity contribution in [3.8, 4) is 11.5 Å². The van der Waals surface area contributed by atoms with Gasteiger partial charge in [0.1, 0.15) is 11.5 Å². The zero-order chi connectivity index (χ0) is 16.3. The van der Waals surface area contributed by atoms with E-state index in [1.54, 1.807) is 24.3 Å². The molecule has 0 saturated heterocycles. The lowest BCUT2D eigenvalue weighted by molar-refractivity contribution is -0.138. The Kier molecular flexibility index (Phi) is 4.73. The lowest BCUT2D eigenvalue weighted by Gasteiger charge is -2.16. The fourth-order valence-corrected chi connectivity index (χ4v) is 1.94. The van der Waals surface area contributed by atoms with Gasteiger partial charge in [0.25, 0.3) is 0 Å². The summed E-state index contributed by atoms with van der Waals surface area (Å²) in [5.41, 5.74) is 5.58. The summed E-state index contributed by atoms with van der Waals surface area (Å²) in [6.07, 6.45) is -5.56. The Labute approximate surface area is 126 Å². The van der Waals surface area contributed by atoms with Crippen LogP contribution in [-0.4, -0.2) is 5.11 Å². The minimum Gasteiger partial charge on any atom is -0.457 e. The van der Waals surface area contributed by atoms with Crippen molar-refractivity contribution in [3.63, 3.8) is 0 Å². The summed E-state index contributed by atoms with van der Waals surface area (Å²) >= 11 is 0. The standard InChI is InChI=1S/C16H16F3NO2/c1-10(21)12-4-7-15(14(8-12)16(17,18)19)22-13-5-2-11(9-20)3-6-13/h2-8,10,21H,9,20H2,1H3. The van der Waals surface area contributed by atoms with Crippen molar-refractivity contribution in [2.45, 2.75) is 25.7 Å². The van der Waals surface area contributed by atoms with Gasteiger partial charge in [-0.05, 0) is 42.3 Å². The summed E-state index contributed by atoms with van der Waals surface area (Å²) in [5, 5.41) is 9.43. The van der Waals surface area contributed by atoms with Crippen LogP contribution in [0.25, 0.3) is 0 Å². The Balaban J connectivity index is 2.36. The molecule has 6 heteroatoms. The van der Waals surface area contributed by atoms with E-state index >= 15 is 0 Å². The van der Waals surface area contributed by atoms with Gasteiger partial charge < -0.3 is 15.6 Å². The van der Waals surface area contributed by atoms with Gasteiger partial charge in [-0.15, -0.1) is 0 Å². The lowest BCUT2D eigenvalue weighted by atomic mass is 10.1. The van der Waals surface area contributed by atoms with Crippen LogP contribution in [0.4, 0.5) is 13.2 Å². The number of aliphatic hydroxyl groups excluding tert-OH is 1. The van der Waals surface area contributed by atoms with Crippen LogP contribution in [0, 0.1) is 0 Å². The Hall–Kier alpha value is -2.05. The van der Waals surface area contributed by atoms with Gasteiger partial charge >= 0.3 is 6.18 Å². The first-order valence-corrected chi connectivity index (χ1v) is 6.67. The van der Waals surface area contributed by atoms with Crippen LogP contribution in [0.1, 0.15) is 29.7 Å². The molecule has 0 radical (unpaired) electrons. The number of alkyl halides is 3. The van der Waals surface area contributed by atoms with Crippen molar-refractivity contribution in [1.29, 1.82) is 0 Å². The quantitative estimate of drug-likeness (QED) is 0.897. The molecule has 0 aliphatic heterocycles. The topological polar surface area (TPSA) is 55.5 Å². The van der Waals surface area contributed by atoms with E-state index in [0.717, 1.165) is 11.6 Å². The van der Waals surface area contributed by atoms with Gasteiger partial charge in [-0.3, -0.25) is 0 Å². The number of nitrogens with two attached hydrogens (primary N) is 1. The third-order valence-electron chi connectivity index (χ3n) is 3.18. The number of aliphatic hydroxyl groups is 1. The smallest absolute Gasteiger partial charge is 0.419 e. The largest absolute Gasteiger partial charge is 0.457 e. The molecule has 0 bridgehead atoms. The second-order valence-electron chi connectivity index (χ2n) is 4.88. The number of halogens is 3. The first-order chi connectivity index (χ1) is 10.3. The van der Waals surface area contributed by atoms with Crippen molar-refractivity contribution in [3.05, 3.63) is 59.2 Å². The molecule has 0 saturated carbocycles. The highest BCUT2D eigenvalue weighted by Gasteiger charge is 2.35. The van der Waals surface area contributed by atoms with Crippen molar-refractivity contribution in [1.82, 2.24) is 0 Å². The molecule has 0 aliphatic rings. The van der Waals surface area contributed by atoms with Crippen LogP contribution in [0.3, 0.4) is 0 Å². The molecular weight excluding hydrogens is 295 g/mol. The zero-order valence-electron chi connectivity index (χ0n) is 11.9. The fourth-order valence-electron chi connectivity index (χ4n) is 1.94. The van der Waals surface area contributed by atoms with E-state index in [1.807, 2.05) is 0 Å². The van der Waals surface area contributed by atoms with Crippen molar-refractivity contribution >= 4 is 0 Å². The average Bonchev–Trinajstić information content (AvgIpc) is 2.47. The molecule has 0 fully saturated rings. The van der Waals surface area contributed by atoms with E-state index in [9.17, 15) is 18.3 Å². The van der Waals surface area contributed by atoms with E-state index in [0.29, 0.717) is 6.54 Å². The molecule has 0 aromatic heterocycles. The number of rotatable bonds is 4. The molecule has 3 nitrogen and oxygen atoms in total. The third-order valence-corrected chi connectivity index (χ3v) is 3.18. The zero-order valence-corrected chi connectivity index (χ0v) is 11.9. The maximum absolute atomic E-state index is 13.1. The van der Waals surface area contributed by atoms with Crippen molar-refractivity contribution in [2.75, 3.05) is 0 Å². The van der Waals surface area contributed by atoms with Crippen LogP contribution < -0.4 is 10.5 Å². The Morgan fingerprint density at radius 3 is 2.27 bits per heavy atom. The number of hydrogen-bond acceptors (Lipinski definition) is 3. The Morgan fingerprint density at radius 2 is 1.77 bits per heavy atom. The maximum Gasteiger partial charge on any atom is 0.419 e. The molecule has 2 aromatic carbocycles. The van der Waals surface area contributed by atoms with Crippen LogP contribution in [0.15, 0.2) is 42.5 Å². The van der Waals surface area contributed by atoms with Gasteiger partial charge in [0.2, 0.25) is 0 Å². The van der Waals surface area contributed by atoms with Gasteiger partial charge in [-0.2, -0.15) is 13.2 Å². The fraction of sp³-hybridized carbons (Fsp3) is 0.250. The molecule has 22 heavy (non-hydrogen) atoms. The minimum atomic E-state index is -4.57. The highest BCUT2D eigenvalue weighted by Crippen LogP contribution is 2.39. The normalized spacial score (nSPS) is 13.0. The van der Waals surface area contributed by atoms with Crippen molar-refractivity contribution in [2.24, 2.45) is 5.73 Å². The molecule has 1 unspecified atom stereocenters. The highest BCUT2D eigenvalue weighted by atomic mass is 19.4. The van der Waals surface area contributed by atoms with Gasteiger partial charge in [0.05, 0.1) is 11.7 Å². The molecule has 2 rings (SSSR count). The molecule has 0 spiro atoms. The van der Waals surface area contributed by atoms with Gasteiger partial charge in [0.15, 0.2) is 0 Å². The second-order valence-corrected chi connectivity index (χ2v) is 4.88. The van der Waals surface area contributed by atoms with Gasteiger partial charge in [-0.25, -0.2) is 0 Å². The SMILES string of the molecule is CC(O)c1ccc(Oc2ccc(CN)cc2)c(C(F)(F)F)c1. The summed E-state index contributed by atoms with van der Waals surface area (Å²) in [6.45, 7) is 1.75. The van der Waals surface area contributed by atoms with Crippen molar-refractivity contribution < 1.29 is 23.0 Å². The lowest BCUT2D eigenvalue weighted by Crippen LogP contribution is -2.08. The van der Waals surface area contributed by atoms with Gasteiger partial charge in [0, 0.05) is 6.54 Å². The first-order valence-electron chi connectivity index (χ1n) is 6.67. The molecule has 0 aliphatic carbocycles. The Morgan fingerprint density at radius 1 is 1.14 bits per heavy atom. The van der Waals surface area contributed by atoms with E-state index in [4.69, 9.17) is 10.5 Å². The van der Waals surface area contributed by atoms with E-state index in [2.05, 4.69) is 0 Å². The number of ether oxygens (including phenoxy) is 1. The van der Waals surface area contributed by atoms with Crippen LogP contribution in [0.2, 0.25) is 0 Å². The summed E-state index contributed by atoms with van der Waals surface area (Å²) in [4.78, 5) is 0. The second kappa shape index (κ2) is 6.37. The van der Waals surface area contributed by atoms with Crippen LogP contribution in [0.5, 0.6) is 11.5 Å². The van der Waals surface area contributed by atoms with Crippen LogP contribution >= 0.6 is 0 Å². The third kappa shape index (κ3) is 3.78. The predicted octanol–water partition coefficient (Wildman–Crippen LogP) is 4.01. The molecular formula is C16H16F3NO2. The molecule has 1 atom stereocenters. The van der Waals surface area contributed by atoms with Gasteiger partial charge in [-0.1, -0.05) is 18.2 Å². The highest BCUT2D eigenvalue weighted by molar-refractivity contribution is 5.43. The monoisotopic (exact) mass is 311 g/mol. The Bertz CT molecular complexity index is 637. The van der Waals surface area contributed by atoms with Crippen LogP contribution in [-0.2, 0) is 12.7 Å². The summed E-state index contributed by atoms with van der Waals surface area (Å²) in [5.74, 6) is -0.0232. The molecule has 118 valence electrons. The molecule has 0 heterocycles. The molecule has 2 aromatic rings.